The fourth-order valence-corrected chi connectivity index (χ4v) is 2.22. The van der Waals surface area contributed by atoms with Crippen LogP contribution in [0.4, 0.5) is 0 Å². The van der Waals surface area contributed by atoms with Crippen LogP contribution in [-0.4, -0.2) is 11.1 Å². The molecule has 0 aliphatic heterocycles. The van der Waals surface area contributed by atoms with Crippen LogP contribution < -0.4 is 0 Å². The highest BCUT2D eigenvalue weighted by Crippen LogP contribution is 2.13. The van der Waals surface area contributed by atoms with Gasteiger partial charge in [-0.1, -0.05) is 104 Å². The average Bonchev–Trinajstić information content (AvgIpc) is 2.45. The predicted molar refractivity (Wildman–Crippen MR) is 98.4 cm³/mol. The predicted octanol–water partition coefficient (Wildman–Crippen LogP) is 6.99. The van der Waals surface area contributed by atoms with E-state index in [0.717, 1.165) is 5.92 Å². The summed E-state index contributed by atoms with van der Waals surface area (Å²) in [5, 5.41) is 7.89. The second kappa shape index (κ2) is 18.3. The molecule has 0 aromatic heterocycles. The van der Waals surface area contributed by atoms with Gasteiger partial charge in [-0.3, -0.25) is 0 Å². The molecule has 0 aliphatic rings. The summed E-state index contributed by atoms with van der Waals surface area (Å²) in [7, 11) is 0. The van der Waals surface area contributed by atoms with Gasteiger partial charge in [0.15, 0.2) is 0 Å². The third-order valence-electron chi connectivity index (χ3n) is 3.75. The number of carboxylic acid groups (broad SMARTS) is 1. The fourth-order valence-electron chi connectivity index (χ4n) is 2.22. The van der Waals surface area contributed by atoms with Gasteiger partial charge in [-0.15, -0.1) is 0 Å². The highest BCUT2D eigenvalue weighted by Gasteiger charge is 1.95. The van der Waals surface area contributed by atoms with Crippen molar-refractivity contribution in [2.75, 3.05) is 0 Å². The van der Waals surface area contributed by atoms with Gasteiger partial charge in [-0.25, -0.2) is 4.79 Å². The average molecular weight is 313 g/mol. The maximum atomic E-state index is 9.60. The van der Waals surface area contributed by atoms with Gasteiger partial charge in [-0.2, -0.15) is 0 Å². The van der Waals surface area contributed by atoms with Crippen LogP contribution in [0.2, 0.25) is 0 Å². The first-order chi connectivity index (χ1) is 10.4. The molecule has 0 unspecified atom stereocenters. The Labute approximate surface area is 139 Å². The molecule has 22 heavy (non-hydrogen) atoms. The monoisotopic (exact) mass is 312 g/mol. The highest BCUT2D eigenvalue weighted by atomic mass is 16.4. The lowest BCUT2D eigenvalue weighted by Gasteiger charge is -2.04. The van der Waals surface area contributed by atoms with Gasteiger partial charge in [-0.05, 0) is 12.8 Å². The largest absolute Gasteiger partial charge is 0.478 e. The zero-order valence-electron chi connectivity index (χ0n) is 15.6. The van der Waals surface area contributed by atoms with Crippen molar-refractivity contribution in [1.82, 2.24) is 0 Å². The first-order valence-corrected chi connectivity index (χ1v) is 9.30. The molecule has 0 bridgehead atoms. The normalized spacial score (nSPS) is 10.2. The quantitative estimate of drug-likeness (QED) is 0.294. The first-order valence-electron chi connectivity index (χ1n) is 9.30. The van der Waals surface area contributed by atoms with Gasteiger partial charge < -0.3 is 5.11 Å². The van der Waals surface area contributed by atoms with Gasteiger partial charge in [0, 0.05) is 5.57 Å². The minimum atomic E-state index is -0.935. The maximum Gasteiger partial charge on any atom is 0.330 e. The smallest absolute Gasteiger partial charge is 0.330 e. The minimum absolute atomic E-state index is 0.176. The molecule has 0 amide bonds. The van der Waals surface area contributed by atoms with Gasteiger partial charge >= 0.3 is 5.97 Å². The van der Waals surface area contributed by atoms with Crippen molar-refractivity contribution in [3.05, 3.63) is 12.2 Å². The molecule has 0 aromatic rings. The molecule has 132 valence electrons. The molecule has 0 saturated heterocycles. The molecule has 0 fully saturated rings. The molecule has 0 atom stereocenters. The van der Waals surface area contributed by atoms with Crippen LogP contribution in [0.5, 0.6) is 0 Å². The summed E-state index contributed by atoms with van der Waals surface area (Å²) in [4.78, 5) is 9.60. The summed E-state index contributed by atoms with van der Waals surface area (Å²) < 4.78 is 0. The van der Waals surface area contributed by atoms with E-state index in [4.69, 9.17) is 5.11 Å². The van der Waals surface area contributed by atoms with Crippen LogP contribution in [0.1, 0.15) is 105 Å². The molecule has 0 saturated carbocycles. The van der Waals surface area contributed by atoms with E-state index >= 15 is 0 Å². The fraction of sp³-hybridized carbons (Fsp3) is 0.850. The first kappa shape index (κ1) is 23.5. The summed E-state index contributed by atoms with van der Waals surface area (Å²) in [6.07, 6.45) is 17.5. The summed E-state index contributed by atoms with van der Waals surface area (Å²) in [5.74, 6) is -0.0337. The van der Waals surface area contributed by atoms with E-state index < -0.39 is 5.97 Å². The summed E-state index contributed by atoms with van der Waals surface area (Å²) in [6.45, 7) is 11.6. The molecule has 0 aromatic carbocycles. The van der Waals surface area contributed by atoms with Gasteiger partial charge in [0.1, 0.15) is 0 Å². The summed E-state index contributed by atoms with van der Waals surface area (Å²) in [6, 6.07) is 0. The van der Waals surface area contributed by atoms with Crippen molar-refractivity contribution in [1.29, 1.82) is 0 Å². The molecule has 0 spiro atoms. The van der Waals surface area contributed by atoms with Crippen LogP contribution in [0.25, 0.3) is 0 Å². The molecule has 0 radical (unpaired) electrons. The second-order valence-corrected chi connectivity index (χ2v) is 6.80. The van der Waals surface area contributed by atoms with Crippen molar-refractivity contribution < 1.29 is 9.90 Å². The third-order valence-corrected chi connectivity index (χ3v) is 3.75. The Bertz CT molecular complexity index is 244. The van der Waals surface area contributed by atoms with Crippen LogP contribution in [0.3, 0.4) is 0 Å². The molecule has 2 heteroatoms. The number of unbranched alkanes of at least 4 members (excludes halogenated alkanes) is 10. The number of aliphatic carboxylic acids is 1. The van der Waals surface area contributed by atoms with E-state index in [1.807, 2.05) is 0 Å². The lowest BCUT2D eigenvalue weighted by atomic mass is 10.0. The van der Waals surface area contributed by atoms with Crippen molar-refractivity contribution in [3.8, 4) is 0 Å². The zero-order valence-corrected chi connectivity index (χ0v) is 15.6. The van der Waals surface area contributed by atoms with E-state index in [9.17, 15) is 4.79 Å². The summed E-state index contributed by atoms with van der Waals surface area (Å²) in [5.41, 5.74) is 0.176. The Hall–Kier alpha value is -0.790. The third kappa shape index (κ3) is 24.2. The molecule has 0 aliphatic carbocycles. The Morgan fingerprint density at radius 2 is 1.18 bits per heavy atom. The topological polar surface area (TPSA) is 37.3 Å². The van der Waals surface area contributed by atoms with Crippen LogP contribution in [0, 0.1) is 5.92 Å². The Balaban J connectivity index is 0. The molecule has 0 rings (SSSR count). The molecule has 0 heterocycles. The molecular formula is C20H40O2. The Morgan fingerprint density at radius 3 is 1.45 bits per heavy atom. The van der Waals surface area contributed by atoms with E-state index in [-0.39, 0.29) is 5.57 Å². The van der Waals surface area contributed by atoms with Gasteiger partial charge in [0.25, 0.3) is 0 Å². The number of carbonyl (C=O) groups is 1. The Morgan fingerprint density at radius 1 is 0.864 bits per heavy atom. The SMILES string of the molecule is C=C(C)C(=O)O.CCCCCCCCCCCCCC(C)C. The molecular weight excluding hydrogens is 272 g/mol. The zero-order chi connectivity index (χ0) is 17.2. The van der Waals surface area contributed by atoms with Gasteiger partial charge in [0.2, 0.25) is 0 Å². The number of rotatable bonds is 13. The number of carboxylic acids is 1. The van der Waals surface area contributed by atoms with Crippen molar-refractivity contribution in [2.24, 2.45) is 5.92 Å². The molecule has 1 N–H and O–H groups in total. The standard InChI is InChI=1S/C16H34.C4H6O2/c1-4-5-6-7-8-9-10-11-12-13-14-15-16(2)3;1-3(2)4(5)6/h16H,4-15H2,1-3H3;1H2,2H3,(H,5,6). The van der Waals surface area contributed by atoms with Gasteiger partial charge in [0.05, 0.1) is 0 Å². The maximum absolute atomic E-state index is 9.60. The highest BCUT2D eigenvalue weighted by molar-refractivity contribution is 5.84. The Kier molecular flexibility index (Phi) is 19.5. The van der Waals surface area contributed by atoms with Crippen molar-refractivity contribution in [3.63, 3.8) is 0 Å². The minimum Gasteiger partial charge on any atom is -0.478 e. The lowest BCUT2D eigenvalue weighted by Crippen LogP contribution is -1.92. The number of hydrogen-bond donors (Lipinski definition) is 1. The van der Waals surface area contributed by atoms with Crippen molar-refractivity contribution >= 4 is 5.97 Å². The second-order valence-electron chi connectivity index (χ2n) is 6.80. The number of hydrogen-bond acceptors (Lipinski definition) is 1. The van der Waals surface area contributed by atoms with Crippen LogP contribution >= 0.6 is 0 Å². The van der Waals surface area contributed by atoms with E-state index in [1.165, 1.54) is 84.0 Å². The van der Waals surface area contributed by atoms with E-state index in [0.29, 0.717) is 0 Å². The molecule has 2 nitrogen and oxygen atoms in total. The van der Waals surface area contributed by atoms with Crippen molar-refractivity contribution in [2.45, 2.75) is 105 Å². The van der Waals surface area contributed by atoms with Crippen LogP contribution in [-0.2, 0) is 4.79 Å². The van der Waals surface area contributed by atoms with Crippen LogP contribution in [0.15, 0.2) is 12.2 Å². The van der Waals surface area contributed by atoms with E-state index in [2.05, 4.69) is 27.4 Å². The summed E-state index contributed by atoms with van der Waals surface area (Å²) >= 11 is 0. The lowest BCUT2D eigenvalue weighted by molar-refractivity contribution is -0.132. The van der Waals surface area contributed by atoms with E-state index in [1.54, 1.807) is 0 Å².